The number of ether oxygens (including phenoxy) is 3. The van der Waals surface area contributed by atoms with Crippen molar-refractivity contribution in [1.29, 1.82) is 0 Å². The SMILES string of the molecule is CCCCCCCN(CCOc1ccc(CC(OCC)C(=O)O)cc1)C(=O)OC(C)(C)C. The van der Waals surface area contributed by atoms with Crippen LogP contribution in [0, 0.1) is 0 Å². The standard InChI is InChI=1S/C25H41NO6/c1-6-8-9-10-11-16-26(24(29)32-25(3,4)5)17-18-31-21-14-12-20(13-15-21)19-22(23(27)28)30-7-2/h12-15,22H,6-11,16-19H2,1-5H3,(H,27,28). The van der Waals surface area contributed by atoms with Crippen LogP contribution in [0.4, 0.5) is 4.79 Å². The first-order chi connectivity index (χ1) is 15.2. The van der Waals surface area contributed by atoms with Gasteiger partial charge < -0.3 is 24.2 Å². The van der Waals surface area contributed by atoms with E-state index in [9.17, 15) is 14.7 Å². The molecule has 7 nitrogen and oxygen atoms in total. The van der Waals surface area contributed by atoms with Gasteiger partial charge in [-0.25, -0.2) is 9.59 Å². The van der Waals surface area contributed by atoms with Crippen LogP contribution in [0.1, 0.15) is 72.3 Å². The zero-order valence-corrected chi connectivity index (χ0v) is 20.4. The number of hydrogen-bond acceptors (Lipinski definition) is 5. The van der Waals surface area contributed by atoms with Gasteiger partial charge in [-0.05, 0) is 51.8 Å². The van der Waals surface area contributed by atoms with Crippen LogP contribution in [-0.4, -0.2) is 60.1 Å². The Morgan fingerprint density at radius 1 is 1.00 bits per heavy atom. The number of carbonyl (C=O) groups excluding carboxylic acids is 1. The van der Waals surface area contributed by atoms with Gasteiger partial charge in [-0.2, -0.15) is 0 Å². The molecule has 0 heterocycles. The number of unbranched alkanes of at least 4 members (excludes halogenated alkanes) is 4. The molecule has 0 spiro atoms. The van der Waals surface area contributed by atoms with Crippen molar-refractivity contribution < 1.29 is 28.9 Å². The second-order valence-corrected chi connectivity index (χ2v) is 8.86. The van der Waals surface area contributed by atoms with Crippen LogP contribution in [0.15, 0.2) is 24.3 Å². The van der Waals surface area contributed by atoms with Crippen molar-refractivity contribution in [3.05, 3.63) is 29.8 Å². The molecule has 1 rings (SSSR count). The molecule has 0 saturated carbocycles. The molecule has 0 aliphatic rings. The average molecular weight is 452 g/mol. The van der Waals surface area contributed by atoms with Crippen molar-refractivity contribution in [2.45, 2.75) is 84.8 Å². The summed E-state index contributed by atoms with van der Waals surface area (Å²) in [5, 5.41) is 9.22. The minimum absolute atomic E-state index is 0.300. The Morgan fingerprint density at radius 3 is 2.22 bits per heavy atom. The Labute approximate surface area is 193 Å². The average Bonchev–Trinajstić information content (AvgIpc) is 2.71. The van der Waals surface area contributed by atoms with Crippen LogP contribution in [0.25, 0.3) is 0 Å². The number of aliphatic carboxylic acids is 1. The Hall–Kier alpha value is -2.28. The van der Waals surface area contributed by atoms with E-state index in [1.807, 2.05) is 45.0 Å². The summed E-state index contributed by atoms with van der Waals surface area (Å²) in [5.41, 5.74) is 0.324. The summed E-state index contributed by atoms with van der Waals surface area (Å²) in [6.07, 6.45) is 4.73. The normalized spacial score (nSPS) is 12.3. The van der Waals surface area contributed by atoms with Gasteiger partial charge in [0.25, 0.3) is 0 Å². The van der Waals surface area contributed by atoms with Crippen molar-refractivity contribution in [2.24, 2.45) is 0 Å². The quantitative estimate of drug-likeness (QED) is 0.364. The van der Waals surface area contributed by atoms with Crippen LogP contribution >= 0.6 is 0 Å². The first-order valence-corrected chi connectivity index (χ1v) is 11.7. The summed E-state index contributed by atoms with van der Waals surface area (Å²) < 4.78 is 16.6. The number of rotatable bonds is 15. The number of carboxylic acids is 1. The lowest BCUT2D eigenvalue weighted by atomic mass is 10.1. The van der Waals surface area contributed by atoms with Gasteiger partial charge in [0.05, 0.1) is 6.54 Å². The van der Waals surface area contributed by atoms with E-state index in [2.05, 4.69) is 6.92 Å². The molecule has 1 unspecified atom stereocenters. The molecule has 32 heavy (non-hydrogen) atoms. The van der Waals surface area contributed by atoms with E-state index in [0.717, 1.165) is 18.4 Å². The number of nitrogens with zero attached hydrogens (tertiary/aromatic N) is 1. The van der Waals surface area contributed by atoms with Gasteiger partial charge >= 0.3 is 12.1 Å². The van der Waals surface area contributed by atoms with Gasteiger partial charge in [0.2, 0.25) is 0 Å². The topological polar surface area (TPSA) is 85.3 Å². The molecule has 0 aromatic heterocycles. The minimum atomic E-state index is -0.968. The van der Waals surface area contributed by atoms with Crippen molar-refractivity contribution in [3.8, 4) is 5.75 Å². The maximum absolute atomic E-state index is 12.6. The van der Waals surface area contributed by atoms with Crippen molar-refractivity contribution in [1.82, 2.24) is 4.90 Å². The summed E-state index contributed by atoms with van der Waals surface area (Å²) in [5.74, 6) is -0.298. The molecule has 0 bridgehead atoms. The minimum Gasteiger partial charge on any atom is -0.492 e. The summed E-state index contributed by atoms with van der Waals surface area (Å²) in [6, 6.07) is 7.29. The second kappa shape index (κ2) is 14.7. The molecule has 1 amide bonds. The van der Waals surface area contributed by atoms with Gasteiger partial charge in [0.15, 0.2) is 6.10 Å². The Morgan fingerprint density at radius 2 is 1.66 bits per heavy atom. The maximum atomic E-state index is 12.6. The van der Waals surface area contributed by atoms with Gasteiger partial charge in [-0.15, -0.1) is 0 Å². The summed E-state index contributed by atoms with van der Waals surface area (Å²) in [6.45, 7) is 11.3. The van der Waals surface area contributed by atoms with E-state index in [0.29, 0.717) is 38.5 Å². The molecule has 0 aliphatic heterocycles. The predicted octanol–water partition coefficient (Wildman–Crippen LogP) is 5.31. The van der Waals surface area contributed by atoms with Crippen LogP contribution in [-0.2, 0) is 20.7 Å². The fourth-order valence-corrected chi connectivity index (χ4v) is 3.16. The fourth-order valence-electron chi connectivity index (χ4n) is 3.16. The Kier molecular flexibility index (Phi) is 12.8. The highest BCUT2D eigenvalue weighted by Crippen LogP contribution is 2.16. The smallest absolute Gasteiger partial charge is 0.410 e. The maximum Gasteiger partial charge on any atom is 0.410 e. The lowest BCUT2D eigenvalue weighted by Gasteiger charge is -2.27. The Balaban J connectivity index is 2.57. The van der Waals surface area contributed by atoms with E-state index in [-0.39, 0.29) is 6.09 Å². The Bertz CT molecular complexity index is 668. The third-order valence-electron chi connectivity index (χ3n) is 4.80. The predicted molar refractivity (Wildman–Crippen MR) is 125 cm³/mol. The molecule has 0 fully saturated rings. The third-order valence-corrected chi connectivity index (χ3v) is 4.80. The monoisotopic (exact) mass is 451 g/mol. The van der Waals surface area contributed by atoms with Crippen molar-refractivity contribution in [3.63, 3.8) is 0 Å². The van der Waals surface area contributed by atoms with Gasteiger partial charge in [-0.1, -0.05) is 44.7 Å². The molecule has 1 aromatic carbocycles. The summed E-state index contributed by atoms with van der Waals surface area (Å²) in [7, 11) is 0. The fraction of sp³-hybridized carbons (Fsp3) is 0.680. The summed E-state index contributed by atoms with van der Waals surface area (Å²) in [4.78, 5) is 25.5. The first kappa shape index (κ1) is 27.8. The van der Waals surface area contributed by atoms with E-state index in [1.54, 1.807) is 11.8 Å². The number of amides is 1. The van der Waals surface area contributed by atoms with E-state index in [1.165, 1.54) is 19.3 Å². The first-order valence-electron chi connectivity index (χ1n) is 11.7. The zero-order valence-electron chi connectivity index (χ0n) is 20.4. The molecule has 0 saturated heterocycles. The second-order valence-electron chi connectivity index (χ2n) is 8.86. The molecule has 1 atom stereocenters. The third kappa shape index (κ3) is 11.9. The van der Waals surface area contributed by atoms with Gasteiger partial charge in [0, 0.05) is 19.6 Å². The van der Waals surface area contributed by atoms with Crippen molar-refractivity contribution in [2.75, 3.05) is 26.3 Å². The number of carboxylic acid groups (broad SMARTS) is 1. The van der Waals surface area contributed by atoms with Crippen LogP contribution in [0.2, 0.25) is 0 Å². The van der Waals surface area contributed by atoms with Crippen molar-refractivity contribution >= 4 is 12.1 Å². The molecule has 0 aliphatic carbocycles. The number of benzene rings is 1. The highest BCUT2D eigenvalue weighted by Gasteiger charge is 2.22. The van der Waals surface area contributed by atoms with E-state index >= 15 is 0 Å². The number of carbonyl (C=O) groups is 2. The molecule has 1 N–H and O–H groups in total. The highest BCUT2D eigenvalue weighted by molar-refractivity contribution is 5.72. The van der Waals surface area contributed by atoms with Crippen LogP contribution < -0.4 is 4.74 Å². The zero-order chi connectivity index (χ0) is 24.0. The highest BCUT2D eigenvalue weighted by atomic mass is 16.6. The van der Waals surface area contributed by atoms with Crippen LogP contribution in [0.3, 0.4) is 0 Å². The van der Waals surface area contributed by atoms with Gasteiger partial charge in [0.1, 0.15) is 18.0 Å². The molecule has 7 heteroatoms. The van der Waals surface area contributed by atoms with E-state index in [4.69, 9.17) is 14.2 Å². The lowest BCUT2D eigenvalue weighted by molar-refractivity contribution is -0.149. The lowest BCUT2D eigenvalue weighted by Crippen LogP contribution is -2.39. The molecule has 182 valence electrons. The van der Waals surface area contributed by atoms with Crippen LogP contribution in [0.5, 0.6) is 5.75 Å². The molecule has 0 radical (unpaired) electrons. The molecular weight excluding hydrogens is 410 g/mol. The van der Waals surface area contributed by atoms with E-state index < -0.39 is 17.7 Å². The summed E-state index contributed by atoms with van der Waals surface area (Å²) >= 11 is 0. The largest absolute Gasteiger partial charge is 0.492 e. The molecule has 1 aromatic rings. The van der Waals surface area contributed by atoms with Gasteiger partial charge in [-0.3, -0.25) is 0 Å². The number of hydrogen-bond donors (Lipinski definition) is 1. The molecular formula is C25H41NO6.